The van der Waals surface area contributed by atoms with Crippen molar-refractivity contribution >= 4 is 47.3 Å². The zero-order chi connectivity index (χ0) is 32.8. The predicted octanol–water partition coefficient (Wildman–Crippen LogP) is 8.01. The molecule has 0 bridgehead atoms. The second-order valence-electron chi connectivity index (χ2n) is 13.2. The van der Waals surface area contributed by atoms with E-state index >= 15 is 4.39 Å². The Morgan fingerprint density at radius 3 is 1.93 bits per heavy atom. The van der Waals surface area contributed by atoms with Gasteiger partial charge in [0.05, 0.1) is 11.7 Å². The summed E-state index contributed by atoms with van der Waals surface area (Å²) in [6.07, 6.45) is -0.736. The van der Waals surface area contributed by atoms with Crippen LogP contribution in [0.2, 0.25) is 5.04 Å². The number of carbonyl (C=O) groups excluding carboxylic acids is 1. The Kier molecular flexibility index (Phi) is 11.8. The lowest BCUT2D eigenvalue weighted by atomic mass is 10.00. The maximum Gasteiger partial charge on any atom is 0.338 e. The Hall–Kier alpha value is -2.37. The van der Waals surface area contributed by atoms with Gasteiger partial charge in [-0.05, 0) is 60.8 Å². The summed E-state index contributed by atoms with van der Waals surface area (Å²) < 4.78 is 42.9. The van der Waals surface area contributed by atoms with Crippen molar-refractivity contribution in [3.63, 3.8) is 0 Å². The second kappa shape index (κ2) is 15.0. The molecule has 3 aromatic carbocycles. The van der Waals surface area contributed by atoms with E-state index in [1.54, 1.807) is 38.1 Å². The largest absolute Gasteiger partial charge is 0.449 e. The van der Waals surface area contributed by atoms with Gasteiger partial charge in [0.25, 0.3) is 8.32 Å². The van der Waals surface area contributed by atoms with E-state index in [4.69, 9.17) is 18.6 Å². The lowest BCUT2D eigenvalue weighted by Gasteiger charge is -2.45. The summed E-state index contributed by atoms with van der Waals surface area (Å²) in [6.45, 7) is 14.2. The average molecular weight is 745 g/mol. The van der Waals surface area contributed by atoms with Gasteiger partial charge in [-0.2, -0.15) is 0 Å². The molecule has 0 spiro atoms. The van der Waals surface area contributed by atoms with Crippen LogP contribution in [0.25, 0.3) is 0 Å². The molecule has 242 valence electrons. The lowest BCUT2D eigenvalue weighted by molar-refractivity contribution is -0.154. The van der Waals surface area contributed by atoms with Crippen LogP contribution in [0.5, 0.6) is 0 Å². The van der Waals surface area contributed by atoms with E-state index in [-0.39, 0.29) is 17.1 Å². The molecule has 8 heteroatoms. The Morgan fingerprint density at radius 2 is 1.44 bits per heavy atom. The van der Waals surface area contributed by atoms with Gasteiger partial charge >= 0.3 is 5.97 Å². The van der Waals surface area contributed by atoms with Crippen LogP contribution in [0.15, 0.2) is 103 Å². The lowest BCUT2D eigenvalue weighted by Crippen LogP contribution is -2.67. The molecule has 0 saturated carbocycles. The van der Waals surface area contributed by atoms with E-state index < -0.39 is 44.2 Å². The fourth-order valence-electron chi connectivity index (χ4n) is 6.05. The van der Waals surface area contributed by atoms with Gasteiger partial charge in [0, 0.05) is 16.4 Å². The zero-order valence-corrected chi connectivity index (χ0v) is 30.5. The van der Waals surface area contributed by atoms with E-state index in [9.17, 15) is 4.79 Å². The maximum absolute atomic E-state index is 16.6. The third-order valence-electron chi connectivity index (χ3n) is 8.37. The molecule has 1 heterocycles. The summed E-state index contributed by atoms with van der Waals surface area (Å²) in [6, 6.07) is 29.4. The van der Waals surface area contributed by atoms with Crippen molar-refractivity contribution in [1.29, 1.82) is 0 Å². The predicted molar refractivity (Wildman–Crippen MR) is 189 cm³/mol. The van der Waals surface area contributed by atoms with Gasteiger partial charge in [0.15, 0.2) is 11.9 Å². The van der Waals surface area contributed by atoms with Gasteiger partial charge in [-0.25, -0.2) is 9.18 Å². The highest BCUT2D eigenvalue weighted by atomic mass is 127. The van der Waals surface area contributed by atoms with Crippen LogP contribution in [0.4, 0.5) is 4.39 Å². The van der Waals surface area contributed by atoms with Gasteiger partial charge in [-0.15, -0.1) is 0 Å². The molecule has 0 N–H and O–H groups in total. The molecule has 0 aromatic heterocycles. The third kappa shape index (κ3) is 8.32. The number of halogens is 2. The molecule has 5 nitrogen and oxygen atoms in total. The summed E-state index contributed by atoms with van der Waals surface area (Å²) in [5, 5.41) is 2.08. The van der Waals surface area contributed by atoms with Crippen LogP contribution in [-0.2, 0) is 18.6 Å². The number of hydrogen-bond acceptors (Lipinski definition) is 5. The molecule has 1 aliphatic heterocycles. The Labute approximate surface area is 282 Å². The van der Waals surface area contributed by atoms with E-state index in [0.717, 1.165) is 14.8 Å². The molecule has 0 radical (unpaired) electrons. The number of ether oxygens (including phenoxy) is 3. The molecular weight excluding hydrogens is 698 g/mol. The van der Waals surface area contributed by atoms with Crippen molar-refractivity contribution in [1.82, 2.24) is 0 Å². The molecule has 0 amide bonds. The molecule has 4 rings (SSSR count). The minimum Gasteiger partial charge on any atom is -0.449 e. The van der Waals surface area contributed by atoms with E-state index in [2.05, 4.69) is 67.6 Å². The molecule has 0 aliphatic carbocycles. The molecule has 1 saturated heterocycles. The van der Waals surface area contributed by atoms with Crippen molar-refractivity contribution in [2.75, 3.05) is 4.43 Å². The Bertz CT molecular complexity index is 1370. The van der Waals surface area contributed by atoms with Crippen LogP contribution in [0.1, 0.15) is 65.2 Å². The zero-order valence-electron chi connectivity index (χ0n) is 27.3. The van der Waals surface area contributed by atoms with Crippen molar-refractivity contribution in [2.24, 2.45) is 5.92 Å². The van der Waals surface area contributed by atoms with Crippen molar-refractivity contribution < 1.29 is 27.8 Å². The molecular formula is C37H46FIO5Si. The highest BCUT2D eigenvalue weighted by Crippen LogP contribution is 2.39. The Morgan fingerprint density at radius 1 is 0.933 bits per heavy atom. The molecule has 1 fully saturated rings. The highest BCUT2D eigenvalue weighted by Gasteiger charge is 2.52. The van der Waals surface area contributed by atoms with Gasteiger partial charge in [0.2, 0.25) is 0 Å². The monoisotopic (exact) mass is 744 g/mol. The number of benzene rings is 3. The topological polar surface area (TPSA) is 54.0 Å². The molecule has 1 aliphatic rings. The fraction of sp³-hybridized carbons (Fsp3) is 0.432. The standard InChI is InChI=1S/C37H46FIO5Si/c1-26(27(2)44-45(36(3,4)5,29-19-13-9-14-20-29)30-21-15-10-16-22-30)25-31(38)33(41-35(40)28-17-11-8-12-18-28)34-32(23-24-39)42-37(6,7)43-34/h8-22,25-27,32-34H,23-24H2,1-7H3/b31-25+/t26-,27+,32+,33?,34+/m1/s1. The molecule has 5 atom stereocenters. The van der Waals surface area contributed by atoms with E-state index in [1.165, 1.54) is 6.08 Å². The summed E-state index contributed by atoms with van der Waals surface area (Å²) in [5.74, 6) is -2.49. The SMILES string of the molecule is C[C@H](/C=C(/F)C(OC(=O)c1ccccc1)[C@H]1OC(C)(C)O[C@H]1CCI)[C@H](C)O[Si](c1ccccc1)(c1ccccc1)C(C)(C)C. The average Bonchev–Trinajstić information content (AvgIpc) is 3.32. The first-order chi connectivity index (χ1) is 21.3. The Balaban J connectivity index is 1.70. The normalized spacial score (nSPS) is 20.8. The van der Waals surface area contributed by atoms with Crippen LogP contribution in [-0.4, -0.2) is 48.9 Å². The molecule has 3 aromatic rings. The fourth-order valence-corrected chi connectivity index (χ4v) is 11.4. The summed E-state index contributed by atoms with van der Waals surface area (Å²) >= 11 is 2.27. The van der Waals surface area contributed by atoms with Crippen LogP contribution < -0.4 is 10.4 Å². The van der Waals surface area contributed by atoms with Crippen molar-refractivity contribution in [2.45, 2.75) is 90.1 Å². The minimum atomic E-state index is -2.87. The number of alkyl halides is 1. The minimum absolute atomic E-state index is 0.229. The second-order valence-corrected chi connectivity index (χ2v) is 18.5. The van der Waals surface area contributed by atoms with Gasteiger partial charge in [0.1, 0.15) is 11.9 Å². The van der Waals surface area contributed by atoms with Crippen molar-refractivity contribution in [3.05, 3.63) is 108 Å². The van der Waals surface area contributed by atoms with E-state index in [1.807, 2.05) is 56.3 Å². The number of carbonyl (C=O) groups is 1. The molecule has 45 heavy (non-hydrogen) atoms. The number of rotatable bonds is 12. The van der Waals surface area contributed by atoms with Gasteiger partial charge in [-0.3, -0.25) is 0 Å². The van der Waals surface area contributed by atoms with Crippen LogP contribution in [0.3, 0.4) is 0 Å². The van der Waals surface area contributed by atoms with Crippen LogP contribution >= 0.6 is 22.6 Å². The maximum atomic E-state index is 16.6. The summed E-state index contributed by atoms with van der Waals surface area (Å²) in [5.41, 5.74) is 0.343. The number of esters is 1. The van der Waals surface area contributed by atoms with E-state index in [0.29, 0.717) is 12.0 Å². The van der Waals surface area contributed by atoms with Crippen LogP contribution in [0, 0.1) is 5.92 Å². The quantitative estimate of drug-likeness (QED) is 0.0815. The first kappa shape index (κ1) is 35.5. The van der Waals surface area contributed by atoms with Crippen molar-refractivity contribution in [3.8, 4) is 0 Å². The smallest absolute Gasteiger partial charge is 0.338 e. The van der Waals surface area contributed by atoms with Gasteiger partial charge in [-0.1, -0.05) is 129 Å². The first-order valence-electron chi connectivity index (χ1n) is 15.6. The van der Waals surface area contributed by atoms with Gasteiger partial charge < -0.3 is 18.6 Å². The highest BCUT2D eigenvalue weighted by molar-refractivity contribution is 14.1. The number of hydrogen-bond donors (Lipinski definition) is 0. The third-order valence-corrected chi connectivity index (χ3v) is 14.1. The molecule has 1 unspecified atom stereocenters. The summed E-state index contributed by atoms with van der Waals surface area (Å²) in [7, 11) is -2.87. The first-order valence-corrected chi connectivity index (χ1v) is 19.1. The summed E-state index contributed by atoms with van der Waals surface area (Å²) in [4.78, 5) is 13.2.